The predicted octanol–water partition coefficient (Wildman–Crippen LogP) is 3.46. The van der Waals surface area contributed by atoms with Crippen LogP contribution in [0.3, 0.4) is 0 Å². The molecule has 1 aromatic carbocycles. The van der Waals surface area contributed by atoms with Crippen molar-refractivity contribution < 1.29 is 9.72 Å². The van der Waals surface area contributed by atoms with Gasteiger partial charge in [-0.2, -0.15) is 0 Å². The van der Waals surface area contributed by atoms with E-state index in [0.717, 1.165) is 22.5 Å². The molecule has 0 spiro atoms. The monoisotopic (exact) mass is 290 g/mol. The van der Waals surface area contributed by atoms with Crippen molar-refractivity contribution in [3.8, 4) is 0 Å². The van der Waals surface area contributed by atoms with Gasteiger partial charge >= 0.3 is 5.00 Å². The van der Waals surface area contributed by atoms with E-state index < -0.39 is 4.92 Å². The molecule has 1 N–H and O–H groups in total. The maximum Gasteiger partial charge on any atom is 0.324 e. The van der Waals surface area contributed by atoms with Crippen LogP contribution in [-0.4, -0.2) is 10.8 Å². The molecular formula is C14H14N2O3S. The Kier molecular flexibility index (Phi) is 4.14. The summed E-state index contributed by atoms with van der Waals surface area (Å²) in [6, 6.07) is 10.5. The molecule has 0 aliphatic rings. The lowest BCUT2D eigenvalue weighted by molar-refractivity contribution is -0.380. The lowest BCUT2D eigenvalue weighted by Gasteiger charge is -2.15. The summed E-state index contributed by atoms with van der Waals surface area (Å²) in [4.78, 5) is 22.5. The van der Waals surface area contributed by atoms with Crippen LogP contribution in [0.15, 0.2) is 36.4 Å². The lowest BCUT2D eigenvalue weighted by atomic mass is 10.0. The van der Waals surface area contributed by atoms with E-state index in [9.17, 15) is 14.9 Å². The van der Waals surface area contributed by atoms with Crippen LogP contribution in [0.2, 0.25) is 0 Å². The maximum atomic E-state index is 12.1. The summed E-state index contributed by atoms with van der Waals surface area (Å²) < 4.78 is 0. The number of carbonyl (C=O) groups is 1. The zero-order valence-corrected chi connectivity index (χ0v) is 11.9. The minimum absolute atomic E-state index is 0.0290. The average Bonchev–Trinajstić information content (AvgIpc) is 2.88. The molecule has 0 saturated heterocycles. The highest BCUT2D eigenvalue weighted by atomic mass is 32.1. The van der Waals surface area contributed by atoms with E-state index in [4.69, 9.17) is 0 Å². The zero-order valence-electron chi connectivity index (χ0n) is 11.1. The largest absolute Gasteiger partial charge is 0.345 e. The normalized spacial score (nSPS) is 11.9. The van der Waals surface area contributed by atoms with E-state index >= 15 is 0 Å². The Morgan fingerprint density at radius 3 is 2.60 bits per heavy atom. The van der Waals surface area contributed by atoms with Crippen molar-refractivity contribution >= 4 is 22.2 Å². The standard InChI is InChI=1S/C14H14N2O3S/c1-9-5-3-4-6-11(9)10(2)15-14(17)12-7-8-13(20-12)16(18)19/h3-8,10H,1-2H3,(H,15,17). The zero-order chi connectivity index (χ0) is 14.7. The summed E-state index contributed by atoms with van der Waals surface area (Å²) in [7, 11) is 0. The minimum Gasteiger partial charge on any atom is -0.345 e. The first-order valence-corrected chi connectivity index (χ1v) is 6.91. The van der Waals surface area contributed by atoms with Crippen LogP contribution >= 0.6 is 11.3 Å². The SMILES string of the molecule is Cc1ccccc1C(C)NC(=O)c1ccc([N+](=O)[O-])s1. The topological polar surface area (TPSA) is 72.2 Å². The van der Waals surface area contributed by atoms with Gasteiger partial charge in [0.1, 0.15) is 0 Å². The molecular weight excluding hydrogens is 276 g/mol. The van der Waals surface area contributed by atoms with Crippen LogP contribution in [0.5, 0.6) is 0 Å². The third-order valence-electron chi connectivity index (χ3n) is 3.00. The van der Waals surface area contributed by atoms with Crippen LogP contribution in [-0.2, 0) is 0 Å². The summed E-state index contributed by atoms with van der Waals surface area (Å²) in [6.45, 7) is 3.87. The molecule has 1 atom stereocenters. The third-order valence-corrected chi connectivity index (χ3v) is 4.03. The van der Waals surface area contributed by atoms with E-state index in [-0.39, 0.29) is 17.0 Å². The fourth-order valence-electron chi connectivity index (χ4n) is 1.97. The number of benzene rings is 1. The van der Waals surface area contributed by atoms with E-state index in [1.165, 1.54) is 12.1 Å². The summed E-state index contributed by atoms with van der Waals surface area (Å²) in [5, 5.41) is 13.4. The van der Waals surface area contributed by atoms with Crippen molar-refractivity contribution in [1.29, 1.82) is 0 Å². The first kappa shape index (κ1) is 14.2. The number of hydrogen-bond acceptors (Lipinski definition) is 4. The van der Waals surface area contributed by atoms with Crippen LogP contribution in [0.4, 0.5) is 5.00 Å². The Bertz CT molecular complexity index is 651. The minimum atomic E-state index is -0.494. The quantitative estimate of drug-likeness (QED) is 0.692. The number of nitro groups is 1. The number of carbonyl (C=O) groups excluding carboxylic acids is 1. The molecule has 0 aliphatic heterocycles. The number of nitrogens with one attached hydrogen (secondary N) is 1. The summed E-state index contributed by atoms with van der Waals surface area (Å²) in [6.07, 6.45) is 0. The highest BCUT2D eigenvalue weighted by Gasteiger charge is 2.17. The molecule has 0 radical (unpaired) electrons. The molecule has 20 heavy (non-hydrogen) atoms. The van der Waals surface area contributed by atoms with Gasteiger partial charge in [0.2, 0.25) is 0 Å². The van der Waals surface area contributed by atoms with Gasteiger partial charge in [-0.25, -0.2) is 0 Å². The van der Waals surface area contributed by atoms with E-state index in [1.54, 1.807) is 0 Å². The molecule has 1 unspecified atom stereocenters. The molecule has 0 saturated carbocycles. The molecule has 5 nitrogen and oxygen atoms in total. The summed E-state index contributed by atoms with van der Waals surface area (Å²) >= 11 is 0.879. The Morgan fingerprint density at radius 1 is 1.30 bits per heavy atom. The Labute approximate surface area is 120 Å². The molecule has 1 aromatic heterocycles. The van der Waals surface area contributed by atoms with Crippen LogP contribution in [0.25, 0.3) is 0 Å². The number of hydrogen-bond donors (Lipinski definition) is 1. The Hall–Kier alpha value is -2.21. The molecule has 6 heteroatoms. The second kappa shape index (κ2) is 5.83. The molecule has 1 heterocycles. The van der Waals surface area contributed by atoms with Crippen LogP contribution in [0.1, 0.15) is 33.8 Å². The Morgan fingerprint density at radius 2 is 2.00 bits per heavy atom. The molecule has 0 fully saturated rings. The van der Waals surface area contributed by atoms with Crippen molar-refractivity contribution in [2.24, 2.45) is 0 Å². The van der Waals surface area contributed by atoms with E-state index in [2.05, 4.69) is 5.32 Å². The number of amides is 1. The first-order valence-electron chi connectivity index (χ1n) is 6.09. The van der Waals surface area contributed by atoms with Gasteiger partial charge in [0.25, 0.3) is 5.91 Å². The van der Waals surface area contributed by atoms with E-state index in [0.29, 0.717) is 4.88 Å². The van der Waals surface area contributed by atoms with Crippen molar-refractivity contribution in [2.45, 2.75) is 19.9 Å². The van der Waals surface area contributed by atoms with Gasteiger partial charge < -0.3 is 5.32 Å². The second-order valence-electron chi connectivity index (χ2n) is 4.45. The number of rotatable bonds is 4. The fraction of sp³-hybridized carbons (Fsp3) is 0.214. The van der Waals surface area contributed by atoms with Gasteiger partial charge in [-0.15, -0.1) is 0 Å². The molecule has 2 aromatic rings. The van der Waals surface area contributed by atoms with Gasteiger partial charge in [0, 0.05) is 6.07 Å². The second-order valence-corrected chi connectivity index (χ2v) is 5.51. The average molecular weight is 290 g/mol. The molecule has 1 amide bonds. The lowest BCUT2D eigenvalue weighted by Crippen LogP contribution is -2.26. The Balaban J connectivity index is 2.11. The van der Waals surface area contributed by atoms with Gasteiger partial charge in [0.05, 0.1) is 15.8 Å². The van der Waals surface area contributed by atoms with Crippen molar-refractivity contribution in [1.82, 2.24) is 5.32 Å². The molecule has 104 valence electrons. The predicted molar refractivity (Wildman–Crippen MR) is 78.0 cm³/mol. The highest BCUT2D eigenvalue weighted by molar-refractivity contribution is 7.17. The number of aryl methyl sites for hydroxylation is 1. The maximum absolute atomic E-state index is 12.1. The van der Waals surface area contributed by atoms with Gasteiger partial charge in [-0.05, 0) is 31.0 Å². The fourth-order valence-corrected chi connectivity index (χ4v) is 2.69. The smallest absolute Gasteiger partial charge is 0.324 e. The third kappa shape index (κ3) is 3.03. The van der Waals surface area contributed by atoms with Gasteiger partial charge in [0.15, 0.2) is 0 Å². The number of thiophene rings is 1. The number of nitrogens with zero attached hydrogens (tertiary/aromatic N) is 1. The molecule has 0 aliphatic carbocycles. The molecule has 2 rings (SSSR count). The van der Waals surface area contributed by atoms with Gasteiger partial charge in [-0.3, -0.25) is 14.9 Å². The summed E-state index contributed by atoms with van der Waals surface area (Å²) in [5.41, 5.74) is 2.13. The summed E-state index contributed by atoms with van der Waals surface area (Å²) in [5.74, 6) is -0.293. The highest BCUT2D eigenvalue weighted by Crippen LogP contribution is 2.25. The first-order chi connectivity index (χ1) is 9.49. The van der Waals surface area contributed by atoms with E-state index in [1.807, 2.05) is 38.1 Å². The molecule has 0 bridgehead atoms. The van der Waals surface area contributed by atoms with Crippen molar-refractivity contribution in [3.63, 3.8) is 0 Å². The van der Waals surface area contributed by atoms with Crippen LogP contribution in [0, 0.1) is 17.0 Å². The van der Waals surface area contributed by atoms with Crippen LogP contribution < -0.4 is 5.32 Å². The van der Waals surface area contributed by atoms with Gasteiger partial charge in [-0.1, -0.05) is 35.6 Å². The van der Waals surface area contributed by atoms with Crippen molar-refractivity contribution in [2.75, 3.05) is 0 Å². The van der Waals surface area contributed by atoms with Crippen molar-refractivity contribution in [3.05, 3.63) is 62.5 Å².